The quantitative estimate of drug-likeness (QED) is 0.847. The van der Waals surface area contributed by atoms with Crippen LogP contribution in [0.5, 0.6) is 11.5 Å². The number of fused-ring (bicyclic) bond motifs is 1. The number of carbonyl (C=O) groups excluding carboxylic acids is 1. The normalized spacial score (nSPS) is 16.5. The Bertz CT molecular complexity index is 700. The van der Waals surface area contributed by atoms with Gasteiger partial charge >= 0.3 is 5.97 Å². The number of nitrogens with one attached hydrogen (secondary N) is 1. The van der Waals surface area contributed by atoms with Gasteiger partial charge in [-0.2, -0.15) is 0 Å². The molecule has 0 fully saturated rings. The van der Waals surface area contributed by atoms with E-state index in [4.69, 9.17) is 9.47 Å². The Morgan fingerprint density at radius 3 is 2.78 bits per heavy atom. The molecular formula is C18H19NO4. The molecule has 23 heavy (non-hydrogen) atoms. The third-order valence-corrected chi connectivity index (χ3v) is 4.00. The first-order chi connectivity index (χ1) is 11.2. The molecule has 1 atom stereocenters. The van der Waals surface area contributed by atoms with Gasteiger partial charge in [0.05, 0.1) is 7.11 Å². The van der Waals surface area contributed by atoms with Crippen LogP contribution in [0.4, 0.5) is 0 Å². The Morgan fingerprint density at radius 1 is 1.26 bits per heavy atom. The van der Waals surface area contributed by atoms with E-state index in [1.54, 1.807) is 6.07 Å². The molecule has 1 unspecified atom stereocenters. The summed E-state index contributed by atoms with van der Waals surface area (Å²) in [6.07, 6.45) is 0.431. The molecule has 1 aliphatic rings. The predicted octanol–water partition coefficient (Wildman–Crippen LogP) is 2.16. The highest BCUT2D eigenvalue weighted by molar-refractivity contribution is 5.77. The van der Waals surface area contributed by atoms with E-state index in [2.05, 4.69) is 5.32 Å². The number of phenolic OH excluding ortho intramolecular Hbond substituents is 1. The van der Waals surface area contributed by atoms with Crippen molar-refractivity contribution in [1.29, 1.82) is 0 Å². The van der Waals surface area contributed by atoms with Crippen LogP contribution in [0.1, 0.15) is 16.7 Å². The van der Waals surface area contributed by atoms with E-state index in [0.717, 1.165) is 16.7 Å². The van der Waals surface area contributed by atoms with Crippen molar-refractivity contribution in [3.63, 3.8) is 0 Å². The standard InChI is InChI=1S/C18H19NO4/c1-22-18(21)15-9-14-13(10-19-15)7-8-16(20)17(14)23-11-12-5-3-2-4-6-12/h2-8,15,19-20H,9-11H2,1H3. The summed E-state index contributed by atoms with van der Waals surface area (Å²) in [4.78, 5) is 11.8. The summed E-state index contributed by atoms with van der Waals surface area (Å²) in [5.74, 6) is 0.222. The second kappa shape index (κ2) is 6.71. The van der Waals surface area contributed by atoms with Crippen LogP contribution in [0.15, 0.2) is 42.5 Å². The second-order valence-corrected chi connectivity index (χ2v) is 5.49. The lowest BCUT2D eigenvalue weighted by Gasteiger charge is -2.26. The molecule has 2 N–H and O–H groups in total. The number of carbonyl (C=O) groups is 1. The number of aromatic hydroxyl groups is 1. The molecule has 120 valence electrons. The number of methoxy groups -OCH3 is 1. The predicted molar refractivity (Wildman–Crippen MR) is 85.2 cm³/mol. The number of ether oxygens (including phenoxy) is 2. The van der Waals surface area contributed by atoms with Gasteiger partial charge in [0, 0.05) is 18.5 Å². The van der Waals surface area contributed by atoms with Crippen molar-refractivity contribution >= 4 is 5.97 Å². The zero-order chi connectivity index (χ0) is 16.2. The molecule has 0 aliphatic carbocycles. The lowest BCUT2D eigenvalue weighted by atomic mass is 9.94. The van der Waals surface area contributed by atoms with Crippen LogP contribution in [0.25, 0.3) is 0 Å². The maximum absolute atomic E-state index is 11.8. The van der Waals surface area contributed by atoms with Crippen LogP contribution in [0, 0.1) is 0 Å². The third kappa shape index (κ3) is 3.29. The summed E-state index contributed by atoms with van der Waals surface area (Å²) in [7, 11) is 1.37. The van der Waals surface area contributed by atoms with Crippen LogP contribution in [-0.2, 0) is 29.1 Å². The van der Waals surface area contributed by atoms with Crippen LogP contribution in [0.3, 0.4) is 0 Å². The van der Waals surface area contributed by atoms with E-state index in [0.29, 0.717) is 25.3 Å². The molecule has 2 aromatic carbocycles. The Hall–Kier alpha value is -2.53. The Morgan fingerprint density at radius 2 is 2.04 bits per heavy atom. The molecule has 3 rings (SSSR count). The van der Waals surface area contributed by atoms with Crippen molar-refractivity contribution in [2.24, 2.45) is 0 Å². The summed E-state index contributed by atoms with van der Waals surface area (Å²) in [5.41, 5.74) is 2.89. The molecular weight excluding hydrogens is 294 g/mol. The molecule has 0 spiro atoms. The van der Waals surface area contributed by atoms with Gasteiger partial charge in [0.2, 0.25) is 0 Å². The van der Waals surface area contributed by atoms with Crippen molar-refractivity contribution in [2.75, 3.05) is 7.11 Å². The highest BCUT2D eigenvalue weighted by Crippen LogP contribution is 2.36. The molecule has 0 aromatic heterocycles. The van der Waals surface area contributed by atoms with E-state index < -0.39 is 6.04 Å². The van der Waals surface area contributed by atoms with Crippen molar-refractivity contribution in [3.05, 3.63) is 59.2 Å². The monoisotopic (exact) mass is 313 g/mol. The van der Waals surface area contributed by atoms with Gasteiger partial charge in [0.1, 0.15) is 12.6 Å². The highest BCUT2D eigenvalue weighted by atomic mass is 16.5. The van der Waals surface area contributed by atoms with Gasteiger partial charge in [-0.05, 0) is 17.2 Å². The molecule has 1 heterocycles. The molecule has 2 aromatic rings. The van der Waals surface area contributed by atoms with Gasteiger partial charge in [0.15, 0.2) is 11.5 Å². The number of benzene rings is 2. The first-order valence-electron chi connectivity index (χ1n) is 7.50. The van der Waals surface area contributed by atoms with E-state index in [1.807, 2.05) is 36.4 Å². The third-order valence-electron chi connectivity index (χ3n) is 4.00. The van der Waals surface area contributed by atoms with E-state index in [-0.39, 0.29) is 11.7 Å². The summed E-state index contributed by atoms with van der Waals surface area (Å²) in [6.45, 7) is 0.901. The Kier molecular flexibility index (Phi) is 4.48. The van der Waals surface area contributed by atoms with Gasteiger partial charge in [-0.15, -0.1) is 0 Å². The molecule has 5 nitrogen and oxygen atoms in total. The van der Waals surface area contributed by atoms with E-state index >= 15 is 0 Å². The number of esters is 1. The minimum absolute atomic E-state index is 0.0881. The fourth-order valence-corrected chi connectivity index (χ4v) is 2.75. The lowest BCUT2D eigenvalue weighted by molar-refractivity contribution is -0.143. The molecule has 0 saturated heterocycles. The first kappa shape index (κ1) is 15.4. The lowest BCUT2D eigenvalue weighted by Crippen LogP contribution is -2.42. The summed E-state index contributed by atoms with van der Waals surface area (Å²) >= 11 is 0. The van der Waals surface area contributed by atoms with Crippen LogP contribution < -0.4 is 10.1 Å². The summed E-state index contributed by atoms with van der Waals surface area (Å²) in [6, 6.07) is 12.8. The van der Waals surface area contributed by atoms with Crippen LogP contribution >= 0.6 is 0 Å². The molecule has 0 amide bonds. The maximum atomic E-state index is 11.8. The fourth-order valence-electron chi connectivity index (χ4n) is 2.75. The topological polar surface area (TPSA) is 67.8 Å². The first-order valence-corrected chi connectivity index (χ1v) is 7.50. The maximum Gasteiger partial charge on any atom is 0.323 e. The summed E-state index contributed by atoms with van der Waals surface area (Å²) < 4.78 is 10.7. The number of hydrogen-bond donors (Lipinski definition) is 2. The SMILES string of the molecule is COC(=O)C1Cc2c(ccc(O)c2OCc2ccccc2)CN1. The molecule has 1 aliphatic heterocycles. The van der Waals surface area contributed by atoms with E-state index in [9.17, 15) is 9.90 Å². The molecule has 0 saturated carbocycles. The minimum atomic E-state index is -0.423. The number of rotatable bonds is 4. The number of phenols is 1. The van der Waals surface area contributed by atoms with Crippen molar-refractivity contribution < 1.29 is 19.4 Å². The fraction of sp³-hybridized carbons (Fsp3) is 0.278. The molecule has 0 bridgehead atoms. The Labute approximate surface area is 134 Å². The van der Waals surface area contributed by atoms with Crippen molar-refractivity contribution in [2.45, 2.75) is 25.6 Å². The van der Waals surface area contributed by atoms with Crippen molar-refractivity contribution in [3.8, 4) is 11.5 Å². The minimum Gasteiger partial charge on any atom is -0.504 e. The highest BCUT2D eigenvalue weighted by Gasteiger charge is 2.28. The van der Waals surface area contributed by atoms with Gasteiger partial charge in [-0.1, -0.05) is 36.4 Å². The van der Waals surface area contributed by atoms with Crippen molar-refractivity contribution in [1.82, 2.24) is 5.32 Å². The molecule has 0 radical (unpaired) electrons. The second-order valence-electron chi connectivity index (χ2n) is 5.49. The zero-order valence-electron chi connectivity index (χ0n) is 12.9. The summed E-state index contributed by atoms with van der Waals surface area (Å²) in [5, 5.41) is 13.3. The van der Waals surface area contributed by atoms with Gasteiger partial charge < -0.3 is 19.9 Å². The average Bonchev–Trinajstić information content (AvgIpc) is 2.60. The van der Waals surface area contributed by atoms with Crippen LogP contribution in [-0.4, -0.2) is 24.2 Å². The van der Waals surface area contributed by atoms with Gasteiger partial charge in [-0.25, -0.2) is 0 Å². The zero-order valence-corrected chi connectivity index (χ0v) is 12.9. The largest absolute Gasteiger partial charge is 0.504 e. The number of hydrogen-bond acceptors (Lipinski definition) is 5. The van der Waals surface area contributed by atoms with Crippen LogP contribution in [0.2, 0.25) is 0 Å². The van der Waals surface area contributed by atoms with Gasteiger partial charge in [-0.3, -0.25) is 4.79 Å². The smallest absolute Gasteiger partial charge is 0.323 e. The molecule has 5 heteroatoms. The average molecular weight is 313 g/mol. The van der Waals surface area contributed by atoms with E-state index in [1.165, 1.54) is 7.11 Å². The van der Waals surface area contributed by atoms with Gasteiger partial charge in [0.25, 0.3) is 0 Å². The Balaban J connectivity index is 1.84.